The van der Waals surface area contributed by atoms with Crippen LogP contribution in [0.1, 0.15) is 12.5 Å². The van der Waals surface area contributed by atoms with Gasteiger partial charge in [0.1, 0.15) is 12.2 Å². The fourth-order valence-corrected chi connectivity index (χ4v) is 2.39. The number of aliphatic hydroxyl groups is 1. The molecule has 0 saturated carbocycles. The Morgan fingerprint density at radius 2 is 2.00 bits per heavy atom. The van der Waals surface area contributed by atoms with Crippen LogP contribution in [-0.4, -0.2) is 48.9 Å². The Bertz CT molecular complexity index is 600. The number of carbonyl (C=O) groups excluding carboxylic acids is 2. The van der Waals surface area contributed by atoms with E-state index in [1.807, 2.05) is 30.3 Å². The second-order valence-corrected chi connectivity index (χ2v) is 5.40. The molecule has 2 N–H and O–H groups in total. The van der Waals surface area contributed by atoms with Crippen molar-refractivity contribution in [1.29, 1.82) is 0 Å². The Hall–Kier alpha value is -2.38. The Morgan fingerprint density at radius 1 is 1.29 bits per heavy atom. The summed E-state index contributed by atoms with van der Waals surface area (Å²) in [5, 5.41) is 12.8. The first-order valence-electron chi connectivity index (χ1n) is 7.55. The van der Waals surface area contributed by atoms with Crippen LogP contribution < -0.4 is 5.32 Å². The van der Waals surface area contributed by atoms with E-state index in [-0.39, 0.29) is 18.3 Å². The van der Waals surface area contributed by atoms with Crippen LogP contribution in [0.2, 0.25) is 0 Å². The van der Waals surface area contributed by atoms with Crippen LogP contribution >= 0.6 is 0 Å². The molecule has 1 amide bonds. The molecule has 7 heteroatoms. The maximum atomic E-state index is 11.6. The van der Waals surface area contributed by atoms with E-state index >= 15 is 0 Å². The second-order valence-electron chi connectivity index (χ2n) is 5.40. The summed E-state index contributed by atoms with van der Waals surface area (Å²) >= 11 is 0. The van der Waals surface area contributed by atoms with Gasteiger partial charge in [-0.05, 0) is 11.6 Å². The average molecular weight is 335 g/mol. The summed E-state index contributed by atoms with van der Waals surface area (Å²) in [4.78, 5) is 23.0. The lowest BCUT2D eigenvalue weighted by molar-refractivity contribution is -0.145. The van der Waals surface area contributed by atoms with Gasteiger partial charge in [-0.15, -0.1) is 0 Å². The highest BCUT2D eigenvalue weighted by Crippen LogP contribution is 2.20. The van der Waals surface area contributed by atoms with Gasteiger partial charge in [0.25, 0.3) is 0 Å². The minimum atomic E-state index is -1.08. The van der Waals surface area contributed by atoms with Crippen LogP contribution in [0.4, 0.5) is 0 Å². The zero-order valence-corrected chi connectivity index (χ0v) is 13.6. The fourth-order valence-electron chi connectivity index (χ4n) is 2.39. The zero-order chi connectivity index (χ0) is 17.5. The van der Waals surface area contributed by atoms with Gasteiger partial charge >= 0.3 is 5.97 Å². The van der Waals surface area contributed by atoms with Crippen LogP contribution in [0.5, 0.6) is 0 Å². The average Bonchev–Trinajstić information content (AvgIpc) is 2.57. The van der Waals surface area contributed by atoms with E-state index in [9.17, 15) is 14.7 Å². The van der Waals surface area contributed by atoms with E-state index < -0.39 is 24.2 Å². The first-order valence-corrected chi connectivity index (χ1v) is 7.55. The normalized spacial score (nSPS) is 23.0. The first-order chi connectivity index (χ1) is 11.5. The van der Waals surface area contributed by atoms with Gasteiger partial charge in [0.05, 0.1) is 26.4 Å². The maximum Gasteiger partial charge on any atom is 0.373 e. The molecule has 0 aromatic heterocycles. The standard InChI is InChI=1S/C17H21NO6/c1-11(19)18-16-13(20)8-14(17(21)22-2)24-15(16)10-23-9-12-6-4-3-5-7-12/h3-8,13,15-16,20H,9-10H2,1-2H3,(H,18,19)/t13-,15-,16+/m1/s1. The molecule has 0 spiro atoms. The zero-order valence-electron chi connectivity index (χ0n) is 13.6. The monoisotopic (exact) mass is 335 g/mol. The van der Waals surface area contributed by atoms with Gasteiger partial charge in [0.15, 0.2) is 0 Å². The van der Waals surface area contributed by atoms with E-state index in [2.05, 4.69) is 10.1 Å². The maximum absolute atomic E-state index is 11.6. The lowest BCUT2D eigenvalue weighted by atomic mass is 10.0. The summed E-state index contributed by atoms with van der Waals surface area (Å²) in [6.45, 7) is 1.78. The highest BCUT2D eigenvalue weighted by Gasteiger charge is 2.37. The highest BCUT2D eigenvalue weighted by molar-refractivity contribution is 5.86. The third-order valence-electron chi connectivity index (χ3n) is 3.52. The molecule has 0 unspecified atom stereocenters. The molecule has 1 heterocycles. The number of benzene rings is 1. The molecule has 24 heavy (non-hydrogen) atoms. The van der Waals surface area contributed by atoms with Crippen molar-refractivity contribution in [3.63, 3.8) is 0 Å². The van der Waals surface area contributed by atoms with Crippen molar-refractivity contribution in [3.8, 4) is 0 Å². The molecule has 1 aliphatic heterocycles. The predicted molar refractivity (Wildman–Crippen MR) is 84.7 cm³/mol. The molecule has 130 valence electrons. The largest absolute Gasteiger partial charge is 0.479 e. The number of rotatable bonds is 6. The van der Waals surface area contributed by atoms with Crippen LogP contribution in [0, 0.1) is 0 Å². The van der Waals surface area contributed by atoms with E-state index in [1.165, 1.54) is 20.1 Å². The Morgan fingerprint density at radius 3 is 2.62 bits per heavy atom. The van der Waals surface area contributed by atoms with Crippen molar-refractivity contribution in [3.05, 3.63) is 47.7 Å². The number of aliphatic hydroxyl groups excluding tert-OH is 1. The van der Waals surface area contributed by atoms with E-state index in [0.717, 1.165) is 5.56 Å². The molecular formula is C17H21NO6. The molecule has 0 bridgehead atoms. The highest BCUT2D eigenvalue weighted by atomic mass is 16.6. The molecule has 3 atom stereocenters. The summed E-state index contributed by atoms with van der Waals surface area (Å²) in [6.07, 6.45) is -0.575. The molecule has 1 aromatic carbocycles. The lowest BCUT2D eigenvalue weighted by Crippen LogP contribution is -2.54. The third-order valence-corrected chi connectivity index (χ3v) is 3.52. The van der Waals surface area contributed by atoms with E-state index in [0.29, 0.717) is 6.61 Å². The molecule has 0 radical (unpaired) electrons. The summed E-state index contributed by atoms with van der Waals surface area (Å²) < 4.78 is 15.8. The lowest BCUT2D eigenvalue weighted by Gasteiger charge is -2.34. The molecule has 0 aliphatic carbocycles. The molecule has 1 aromatic rings. The van der Waals surface area contributed by atoms with Gasteiger partial charge < -0.3 is 24.6 Å². The number of hydrogen-bond acceptors (Lipinski definition) is 6. The summed E-state index contributed by atoms with van der Waals surface area (Å²) in [7, 11) is 1.22. The summed E-state index contributed by atoms with van der Waals surface area (Å²) in [6, 6.07) is 8.83. The van der Waals surface area contributed by atoms with Gasteiger partial charge in [-0.25, -0.2) is 4.79 Å². The molecule has 0 saturated heterocycles. The Labute approximate surface area is 140 Å². The molecule has 0 fully saturated rings. The summed E-state index contributed by atoms with van der Waals surface area (Å²) in [5.41, 5.74) is 0.980. The number of ether oxygens (including phenoxy) is 3. The first kappa shape index (κ1) is 18.0. The minimum Gasteiger partial charge on any atom is -0.479 e. The van der Waals surface area contributed by atoms with Crippen molar-refractivity contribution < 1.29 is 28.9 Å². The third kappa shape index (κ3) is 4.81. The summed E-state index contributed by atoms with van der Waals surface area (Å²) in [5.74, 6) is -1.10. The molecule has 1 aliphatic rings. The quantitative estimate of drug-likeness (QED) is 0.736. The van der Waals surface area contributed by atoms with Crippen molar-refractivity contribution in [1.82, 2.24) is 5.32 Å². The van der Waals surface area contributed by atoms with Gasteiger partial charge in [-0.3, -0.25) is 4.79 Å². The molecular weight excluding hydrogens is 314 g/mol. The Balaban J connectivity index is 2.03. The van der Waals surface area contributed by atoms with Crippen LogP contribution in [0.25, 0.3) is 0 Å². The molecule has 2 rings (SSSR count). The van der Waals surface area contributed by atoms with Crippen molar-refractivity contribution in [2.75, 3.05) is 13.7 Å². The van der Waals surface area contributed by atoms with Gasteiger partial charge in [0.2, 0.25) is 11.7 Å². The van der Waals surface area contributed by atoms with Gasteiger partial charge in [-0.2, -0.15) is 0 Å². The van der Waals surface area contributed by atoms with Crippen LogP contribution in [-0.2, 0) is 30.4 Å². The van der Waals surface area contributed by atoms with Gasteiger partial charge in [0, 0.05) is 6.92 Å². The predicted octanol–water partition coefficient (Wildman–Crippen LogP) is 0.524. The van der Waals surface area contributed by atoms with E-state index in [1.54, 1.807) is 0 Å². The van der Waals surface area contributed by atoms with Crippen molar-refractivity contribution in [2.45, 2.75) is 31.8 Å². The fraction of sp³-hybridized carbons (Fsp3) is 0.412. The number of amides is 1. The smallest absolute Gasteiger partial charge is 0.373 e. The number of carbonyl (C=O) groups is 2. The van der Waals surface area contributed by atoms with Crippen molar-refractivity contribution >= 4 is 11.9 Å². The topological polar surface area (TPSA) is 94.1 Å². The van der Waals surface area contributed by atoms with Crippen LogP contribution in [0.3, 0.4) is 0 Å². The SMILES string of the molecule is COC(=O)C1=C[C@@H](O)[C@H](NC(C)=O)[C@@H](COCc2ccccc2)O1. The number of hydrogen-bond donors (Lipinski definition) is 2. The Kier molecular flexibility index (Phi) is 6.34. The number of esters is 1. The van der Waals surface area contributed by atoms with Crippen LogP contribution in [0.15, 0.2) is 42.2 Å². The number of methoxy groups -OCH3 is 1. The molecule has 7 nitrogen and oxygen atoms in total. The van der Waals surface area contributed by atoms with Crippen molar-refractivity contribution in [2.24, 2.45) is 0 Å². The second kappa shape index (κ2) is 8.47. The van der Waals surface area contributed by atoms with E-state index in [4.69, 9.17) is 9.47 Å². The number of nitrogens with one attached hydrogen (secondary N) is 1. The minimum absolute atomic E-state index is 0.0885. The van der Waals surface area contributed by atoms with Gasteiger partial charge in [-0.1, -0.05) is 30.3 Å².